The summed E-state index contributed by atoms with van der Waals surface area (Å²) in [5.74, 6) is -0.300. The second kappa shape index (κ2) is 4.69. The molecule has 0 aliphatic carbocycles. The summed E-state index contributed by atoms with van der Waals surface area (Å²) in [4.78, 5) is 11.0. The summed E-state index contributed by atoms with van der Waals surface area (Å²) in [6.07, 6.45) is 1.30. The van der Waals surface area contributed by atoms with Crippen molar-refractivity contribution in [2.45, 2.75) is 6.92 Å². The maximum atomic E-state index is 11.0. The van der Waals surface area contributed by atoms with Crippen LogP contribution in [0.2, 0.25) is 0 Å². The Balaban J connectivity index is 2.42. The van der Waals surface area contributed by atoms with Crippen LogP contribution in [0, 0.1) is 0 Å². The topological polar surface area (TPSA) is 75.2 Å². The molecule has 0 saturated heterocycles. The number of rotatable bonds is 4. The van der Waals surface area contributed by atoms with E-state index in [1.807, 2.05) is 25.1 Å². The minimum Gasteiger partial charge on any atom is -0.494 e. The van der Waals surface area contributed by atoms with E-state index in [0.717, 1.165) is 5.56 Å². The van der Waals surface area contributed by atoms with E-state index in [1.54, 1.807) is 6.07 Å². The summed E-state index contributed by atoms with van der Waals surface area (Å²) in [5.41, 5.74) is 1.38. The molecule has 2 aromatic rings. The molecule has 88 valence electrons. The quantitative estimate of drug-likeness (QED) is 0.847. The number of H-pyrrole nitrogens is 1. The molecule has 0 aliphatic rings. The first-order chi connectivity index (χ1) is 8.22. The highest BCUT2D eigenvalue weighted by atomic mass is 16.5. The van der Waals surface area contributed by atoms with Gasteiger partial charge in [0, 0.05) is 5.56 Å². The zero-order valence-electron chi connectivity index (χ0n) is 9.30. The van der Waals surface area contributed by atoms with Gasteiger partial charge in [0.25, 0.3) is 0 Å². The summed E-state index contributed by atoms with van der Waals surface area (Å²) in [5, 5.41) is 15.4. The number of ether oxygens (including phenoxy) is 1. The Bertz CT molecular complexity index is 534. The summed E-state index contributed by atoms with van der Waals surface area (Å²) in [6.45, 7) is 2.46. The molecular weight excluding hydrogens is 220 g/mol. The van der Waals surface area contributed by atoms with E-state index in [-0.39, 0.29) is 5.56 Å². The molecule has 17 heavy (non-hydrogen) atoms. The molecule has 1 aromatic heterocycles. The number of aromatic nitrogens is 2. The predicted octanol–water partition coefficient (Wildman–Crippen LogP) is 2.17. The maximum absolute atomic E-state index is 11.0. The highest BCUT2D eigenvalue weighted by Gasteiger charge is 2.14. The van der Waals surface area contributed by atoms with Gasteiger partial charge in [-0.25, -0.2) is 4.79 Å². The van der Waals surface area contributed by atoms with Crippen molar-refractivity contribution < 1.29 is 14.6 Å². The SMILES string of the molecule is CCOc1cccc(-c2[nH]ncc2C(=O)O)c1. The van der Waals surface area contributed by atoms with Crippen molar-refractivity contribution >= 4 is 5.97 Å². The van der Waals surface area contributed by atoms with Crippen LogP contribution in [-0.4, -0.2) is 27.9 Å². The first kappa shape index (κ1) is 11.2. The van der Waals surface area contributed by atoms with Gasteiger partial charge >= 0.3 is 5.97 Å². The number of carboxylic acids is 1. The number of hydrogen-bond acceptors (Lipinski definition) is 3. The summed E-state index contributed by atoms with van der Waals surface area (Å²) in [6, 6.07) is 7.22. The van der Waals surface area contributed by atoms with Crippen LogP contribution in [0.1, 0.15) is 17.3 Å². The Morgan fingerprint density at radius 3 is 3.06 bits per heavy atom. The van der Waals surface area contributed by atoms with Gasteiger partial charge in [0.1, 0.15) is 11.3 Å². The smallest absolute Gasteiger partial charge is 0.339 e. The average molecular weight is 232 g/mol. The van der Waals surface area contributed by atoms with Crippen molar-refractivity contribution in [1.82, 2.24) is 10.2 Å². The molecule has 0 fully saturated rings. The molecule has 0 aliphatic heterocycles. The Labute approximate surface area is 98.0 Å². The molecule has 0 unspecified atom stereocenters. The molecule has 0 amide bonds. The van der Waals surface area contributed by atoms with Gasteiger partial charge < -0.3 is 9.84 Å². The zero-order chi connectivity index (χ0) is 12.3. The summed E-state index contributed by atoms with van der Waals surface area (Å²) < 4.78 is 5.36. The van der Waals surface area contributed by atoms with E-state index in [1.165, 1.54) is 6.20 Å². The number of benzene rings is 1. The lowest BCUT2D eigenvalue weighted by Crippen LogP contribution is -1.97. The summed E-state index contributed by atoms with van der Waals surface area (Å²) in [7, 11) is 0. The van der Waals surface area contributed by atoms with Crippen LogP contribution >= 0.6 is 0 Å². The molecular formula is C12H12N2O3. The van der Waals surface area contributed by atoms with E-state index in [2.05, 4.69) is 10.2 Å². The Morgan fingerprint density at radius 2 is 2.35 bits per heavy atom. The van der Waals surface area contributed by atoms with Crippen LogP contribution in [0.25, 0.3) is 11.3 Å². The van der Waals surface area contributed by atoms with Crippen molar-refractivity contribution in [2.24, 2.45) is 0 Å². The number of nitrogens with one attached hydrogen (secondary N) is 1. The molecule has 5 nitrogen and oxygen atoms in total. The third-order valence-electron chi connectivity index (χ3n) is 2.30. The minimum absolute atomic E-state index is 0.152. The van der Waals surface area contributed by atoms with Crippen LogP contribution in [-0.2, 0) is 0 Å². The van der Waals surface area contributed by atoms with Crippen molar-refractivity contribution in [3.8, 4) is 17.0 Å². The lowest BCUT2D eigenvalue weighted by atomic mass is 10.1. The molecule has 1 heterocycles. The standard InChI is InChI=1S/C12H12N2O3/c1-2-17-9-5-3-4-8(6-9)11-10(12(15)16)7-13-14-11/h3-7H,2H2,1H3,(H,13,14)(H,15,16). The second-order valence-electron chi connectivity index (χ2n) is 3.42. The van der Waals surface area contributed by atoms with Gasteiger partial charge in [0.15, 0.2) is 0 Å². The first-order valence-electron chi connectivity index (χ1n) is 5.22. The third-order valence-corrected chi connectivity index (χ3v) is 2.30. The van der Waals surface area contributed by atoms with Gasteiger partial charge in [-0.1, -0.05) is 12.1 Å². The number of aromatic amines is 1. The molecule has 1 aromatic carbocycles. The average Bonchev–Trinajstić information content (AvgIpc) is 2.79. The number of nitrogens with zero attached hydrogens (tertiary/aromatic N) is 1. The fraction of sp³-hybridized carbons (Fsp3) is 0.167. The van der Waals surface area contributed by atoms with Crippen LogP contribution < -0.4 is 4.74 Å². The van der Waals surface area contributed by atoms with Gasteiger partial charge in [-0.2, -0.15) is 5.10 Å². The maximum Gasteiger partial charge on any atom is 0.339 e. The summed E-state index contributed by atoms with van der Waals surface area (Å²) >= 11 is 0. The Hall–Kier alpha value is -2.30. The Morgan fingerprint density at radius 1 is 1.53 bits per heavy atom. The van der Waals surface area contributed by atoms with Gasteiger partial charge in [-0.05, 0) is 19.1 Å². The lowest BCUT2D eigenvalue weighted by molar-refractivity contribution is 0.0698. The van der Waals surface area contributed by atoms with Crippen molar-refractivity contribution in [3.63, 3.8) is 0 Å². The molecule has 0 spiro atoms. The van der Waals surface area contributed by atoms with E-state index < -0.39 is 5.97 Å². The largest absolute Gasteiger partial charge is 0.494 e. The number of aromatic carboxylic acids is 1. The van der Waals surface area contributed by atoms with Crippen molar-refractivity contribution in [1.29, 1.82) is 0 Å². The fourth-order valence-corrected chi connectivity index (χ4v) is 1.58. The highest BCUT2D eigenvalue weighted by Crippen LogP contribution is 2.24. The van der Waals surface area contributed by atoms with Crippen molar-refractivity contribution in [2.75, 3.05) is 6.61 Å². The van der Waals surface area contributed by atoms with Crippen molar-refractivity contribution in [3.05, 3.63) is 36.0 Å². The molecule has 2 N–H and O–H groups in total. The van der Waals surface area contributed by atoms with Gasteiger partial charge in [0.2, 0.25) is 0 Å². The third kappa shape index (κ3) is 2.28. The molecule has 0 bridgehead atoms. The second-order valence-corrected chi connectivity index (χ2v) is 3.42. The van der Waals surface area contributed by atoms with Gasteiger partial charge in [-0.15, -0.1) is 0 Å². The monoisotopic (exact) mass is 232 g/mol. The first-order valence-corrected chi connectivity index (χ1v) is 5.22. The zero-order valence-corrected chi connectivity index (χ0v) is 9.30. The van der Waals surface area contributed by atoms with Crippen LogP contribution in [0.4, 0.5) is 0 Å². The number of hydrogen-bond donors (Lipinski definition) is 2. The number of carboxylic acid groups (broad SMARTS) is 1. The highest BCUT2D eigenvalue weighted by molar-refractivity contribution is 5.94. The normalized spacial score (nSPS) is 10.2. The molecule has 0 radical (unpaired) electrons. The predicted molar refractivity (Wildman–Crippen MR) is 62.2 cm³/mol. The van der Waals surface area contributed by atoms with E-state index in [9.17, 15) is 4.79 Å². The Kier molecular flexibility index (Phi) is 3.09. The molecule has 0 atom stereocenters. The number of carbonyl (C=O) groups is 1. The van der Waals surface area contributed by atoms with Gasteiger partial charge in [0.05, 0.1) is 18.5 Å². The van der Waals surface area contributed by atoms with Gasteiger partial charge in [-0.3, -0.25) is 5.10 Å². The molecule has 0 saturated carbocycles. The van der Waals surface area contributed by atoms with E-state index in [4.69, 9.17) is 9.84 Å². The van der Waals surface area contributed by atoms with E-state index >= 15 is 0 Å². The van der Waals surface area contributed by atoms with Crippen LogP contribution in [0.5, 0.6) is 5.75 Å². The fourth-order valence-electron chi connectivity index (χ4n) is 1.58. The van der Waals surface area contributed by atoms with E-state index in [0.29, 0.717) is 18.1 Å². The molecule has 5 heteroatoms. The van der Waals surface area contributed by atoms with Crippen LogP contribution in [0.15, 0.2) is 30.5 Å². The minimum atomic E-state index is -1.00. The van der Waals surface area contributed by atoms with Crippen LogP contribution in [0.3, 0.4) is 0 Å². The lowest BCUT2D eigenvalue weighted by Gasteiger charge is -2.05. The molecule has 2 rings (SSSR count).